The fourth-order valence-electron chi connectivity index (χ4n) is 2.73. The monoisotopic (exact) mass is 320 g/mol. The smallest absolute Gasteiger partial charge is 0.310 e. The summed E-state index contributed by atoms with van der Waals surface area (Å²) in [5.74, 6) is -0.215. The van der Waals surface area contributed by atoms with Crippen LogP contribution in [-0.2, 0) is 11.3 Å². The van der Waals surface area contributed by atoms with Gasteiger partial charge in [-0.15, -0.1) is 0 Å². The van der Waals surface area contributed by atoms with Crippen molar-refractivity contribution in [3.05, 3.63) is 41.2 Å². The van der Waals surface area contributed by atoms with Crippen LogP contribution in [0, 0.1) is 5.41 Å². The normalized spacial score (nSPS) is 22.1. The van der Waals surface area contributed by atoms with E-state index in [1.807, 2.05) is 12.1 Å². The molecule has 1 aromatic carbocycles. The van der Waals surface area contributed by atoms with Crippen molar-refractivity contribution >= 4 is 17.6 Å². The van der Waals surface area contributed by atoms with Crippen LogP contribution in [0.1, 0.15) is 19.0 Å². The van der Waals surface area contributed by atoms with Gasteiger partial charge in [0.25, 0.3) is 0 Å². The standard InChI is InChI=1S/C16H17ClN2O3/c1-16(15(20)21)5-6-19(10-16)8-13-9-22-14(18-13)11-3-2-4-12(17)7-11/h2-4,7,9H,5-6,8,10H2,1H3,(H,20,21). The first-order chi connectivity index (χ1) is 10.5. The zero-order valence-electron chi connectivity index (χ0n) is 12.3. The first kappa shape index (κ1) is 15.1. The number of oxazole rings is 1. The minimum Gasteiger partial charge on any atom is -0.481 e. The highest BCUT2D eigenvalue weighted by atomic mass is 35.5. The molecule has 2 aromatic rings. The van der Waals surface area contributed by atoms with Crippen molar-refractivity contribution < 1.29 is 14.3 Å². The lowest BCUT2D eigenvalue weighted by Crippen LogP contribution is -2.31. The zero-order valence-corrected chi connectivity index (χ0v) is 13.0. The van der Waals surface area contributed by atoms with Gasteiger partial charge in [-0.2, -0.15) is 0 Å². The number of rotatable bonds is 4. The van der Waals surface area contributed by atoms with Crippen molar-refractivity contribution in [1.82, 2.24) is 9.88 Å². The van der Waals surface area contributed by atoms with E-state index in [0.29, 0.717) is 30.4 Å². The summed E-state index contributed by atoms with van der Waals surface area (Å²) in [4.78, 5) is 17.8. The summed E-state index contributed by atoms with van der Waals surface area (Å²) < 4.78 is 5.50. The Labute approximate surface area is 133 Å². The number of carbonyl (C=O) groups is 1. The van der Waals surface area contributed by atoms with Gasteiger partial charge in [0.2, 0.25) is 5.89 Å². The predicted octanol–water partition coefficient (Wildman–Crippen LogP) is 3.29. The second kappa shape index (κ2) is 5.74. The third-order valence-electron chi connectivity index (χ3n) is 4.08. The maximum absolute atomic E-state index is 11.3. The summed E-state index contributed by atoms with van der Waals surface area (Å²) in [6.07, 6.45) is 2.27. The van der Waals surface area contributed by atoms with Crippen molar-refractivity contribution in [3.63, 3.8) is 0 Å². The van der Waals surface area contributed by atoms with Crippen LogP contribution in [0.5, 0.6) is 0 Å². The molecule has 116 valence electrons. The first-order valence-corrected chi connectivity index (χ1v) is 7.50. The fourth-order valence-corrected chi connectivity index (χ4v) is 2.92. The molecule has 1 aliphatic heterocycles. The maximum Gasteiger partial charge on any atom is 0.310 e. The van der Waals surface area contributed by atoms with Gasteiger partial charge in [0.05, 0.1) is 11.1 Å². The van der Waals surface area contributed by atoms with E-state index in [-0.39, 0.29) is 0 Å². The first-order valence-electron chi connectivity index (χ1n) is 7.12. The molecule has 1 unspecified atom stereocenters. The Morgan fingerprint density at radius 2 is 2.36 bits per heavy atom. The molecule has 2 heterocycles. The number of aromatic nitrogens is 1. The summed E-state index contributed by atoms with van der Waals surface area (Å²) in [6, 6.07) is 7.33. The molecule has 0 radical (unpaired) electrons. The number of carboxylic acids is 1. The van der Waals surface area contributed by atoms with Gasteiger partial charge in [-0.3, -0.25) is 9.69 Å². The van der Waals surface area contributed by atoms with Crippen LogP contribution in [-0.4, -0.2) is 34.0 Å². The van der Waals surface area contributed by atoms with E-state index in [1.165, 1.54) is 0 Å². The molecule has 5 nitrogen and oxygen atoms in total. The maximum atomic E-state index is 11.3. The third kappa shape index (κ3) is 3.00. The number of halogens is 1. The Balaban J connectivity index is 1.69. The quantitative estimate of drug-likeness (QED) is 0.936. The minimum atomic E-state index is -0.741. The van der Waals surface area contributed by atoms with Crippen LogP contribution < -0.4 is 0 Å². The molecule has 3 rings (SSSR count). The number of nitrogens with zero attached hydrogens (tertiary/aromatic N) is 2. The molecule has 1 saturated heterocycles. The molecule has 0 saturated carbocycles. The van der Waals surface area contributed by atoms with E-state index < -0.39 is 11.4 Å². The number of hydrogen-bond acceptors (Lipinski definition) is 4. The van der Waals surface area contributed by atoms with Crippen LogP contribution in [0.2, 0.25) is 5.02 Å². The van der Waals surface area contributed by atoms with Crippen molar-refractivity contribution in [2.45, 2.75) is 19.9 Å². The summed E-state index contributed by atoms with van der Waals surface area (Å²) >= 11 is 5.97. The molecule has 0 spiro atoms. The van der Waals surface area contributed by atoms with Crippen molar-refractivity contribution in [2.75, 3.05) is 13.1 Å². The lowest BCUT2D eigenvalue weighted by atomic mass is 9.90. The van der Waals surface area contributed by atoms with Gasteiger partial charge in [0.1, 0.15) is 6.26 Å². The lowest BCUT2D eigenvalue weighted by molar-refractivity contribution is -0.147. The van der Waals surface area contributed by atoms with Crippen molar-refractivity contribution in [1.29, 1.82) is 0 Å². The Morgan fingerprint density at radius 3 is 3.05 bits per heavy atom. The molecule has 22 heavy (non-hydrogen) atoms. The minimum absolute atomic E-state index is 0.526. The lowest BCUT2D eigenvalue weighted by Gasteiger charge is -2.19. The Bertz CT molecular complexity index is 700. The molecule has 0 amide bonds. The predicted molar refractivity (Wildman–Crippen MR) is 82.6 cm³/mol. The molecule has 1 N–H and O–H groups in total. The molecule has 1 fully saturated rings. The van der Waals surface area contributed by atoms with Gasteiger partial charge >= 0.3 is 5.97 Å². The van der Waals surface area contributed by atoms with E-state index in [1.54, 1.807) is 25.3 Å². The Morgan fingerprint density at radius 1 is 1.55 bits per heavy atom. The van der Waals surface area contributed by atoms with E-state index >= 15 is 0 Å². The van der Waals surface area contributed by atoms with Gasteiger partial charge in [0.15, 0.2) is 0 Å². The second-order valence-corrected chi connectivity index (χ2v) is 6.42. The van der Waals surface area contributed by atoms with Gasteiger partial charge in [-0.25, -0.2) is 4.98 Å². The van der Waals surface area contributed by atoms with E-state index in [9.17, 15) is 9.90 Å². The largest absolute Gasteiger partial charge is 0.481 e. The van der Waals surface area contributed by atoms with Gasteiger partial charge in [-0.05, 0) is 38.1 Å². The number of carboxylic acid groups (broad SMARTS) is 1. The number of benzene rings is 1. The van der Waals surface area contributed by atoms with Gasteiger partial charge < -0.3 is 9.52 Å². The highest BCUT2D eigenvalue weighted by Crippen LogP contribution is 2.31. The molecular formula is C16H17ClN2O3. The van der Waals surface area contributed by atoms with Gasteiger partial charge in [-0.1, -0.05) is 17.7 Å². The zero-order chi connectivity index (χ0) is 15.7. The SMILES string of the molecule is CC1(C(=O)O)CCN(Cc2coc(-c3cccc(Cl)c3)n2)C1. The van der Waals surface area contributed by atoms with Gasteiger partial charge in [0, 0.05) is 23.7 Å². The van der Waals surface area contributed by atoms with Crippen LogP contribution >= 0.6 is 11.6 Å². The molecule has 1 atom stereocenters. The summed E-state index contributed by atoms with van der Waals surface area (Å²) in [6.45, 7) is 3.66. The number of likely N-dealkylation sites (tertiary alicyclic amines) is 1. The highest BCUT2D eigenvalue weighted by Gasteiger charge is 2.40. The Hall–Kier alpha value is -1.85. The molecule has 6 heteroatoms. The average molecular weight is 321 g/mol. The summed E-state index contributed by atoms with van der Waals surface area (Å²) in [5, 5.41) is 9.90. The molecule has 1 aromatic heterocycles. The Kier molecular flexibility index (Phi) is 3.93. The topological polar surface area (TPSA) is 66.6 Å². The second-order valence-electron chi connectivity index (χ2n) is 5.98. The van der Waals surface area contributed by atoms with Crippen molar-refractivity contribution in [2.24, 2.45) is 5.41 Å². The highest BCUT2D eigenvalue weighted by molar-refractivity contribution is 6.30. The third-order valence-corrected chi connectivity index (χ3v) is 4.31. The van der Waals surface area contributed by atoms with Crippen LogP contribution in [0.25, 0.3) is 11.5 Å². The van der Waals surface area contributed by atoms with E-state index in [4.69, 9.17) is 16.0 Å². The van der Waals surface area contributed by atoms with Crippen molar-refractivity contribution in [3.8, 4) is 11.5 Å². The average Bonchev–Trinajstić information content (AvgIpc) is 3.07. The summed E-state index contributed by atoms with van der Waals surface area (Å²) in [5.41, 5.74) is 0.958. The van der Waals surface area contributed by atoms with Crippen LogP contribution in [0.15, 0.2) is 34.9 Å². The van der Waals surface area contributed by atoms with Crippen LogP contribution in [0.4, 0.5) is 0 Å². The molecule has 1 aliphatic rings. The van der Waals surface area contributed by atoms with E-state index in [2.05, 4.69) is 9.88 Å². The molecule has 0 bridgehead atoms. The summed E-state index contributed by atoms with van der Waals surface area (Å²) in [7, 11) is 0. The van der Waals surface area contributed by atoms with E-state index in [0.717, 1.165) is 17.8 Å². The molecular weight excluding hydrogens is 304 g/mol. The number of aliphatic carboxylic acids is 1. The molecule has 0 aliphatic carbocycles. The number of hydrogen-bond donors (Lipinski definition) is 1. The fraction of sp³-hybridized carbons (Fsp3) is 0.375. The van der Waals surface area contributed by atoms with Crippen LogP contribution in [0.3, 0.4) is 0 Å².